The molecule has 174 valence electrons. The van der Waals surface area contributed by atoms with Gasteiger partial charge in [-0.3, -0.25) is 14.5 Å². The average molecular weight is 477 g/mol. The molecular weight excluding hydrogens is 452 g/mol. The number of Topliss-reactive ketones (excluding diaryl/α,β-unsaturated/α-hetero) is 1. The molecular formula is C27H25ClN2O4. The van der Waals surface area contributed by atoms with Gasteiger partial charge in [0, 0.05) is 11.8 Å². The van der Waals surface area contributed by atoms with Crippen LogP contribution in [0.1, 0.15) is 43.5 Å². The lowest BCUT2D eigenvalue weighted by Crippen LogP contribution is -2.30. The number of nitrogens with zero attached hydrogens (tertiary/aromatic N) is 2. The van der Waals surface area contributed by atoms with Crippen molar-refractivity contribution in [3.8, 4) is 5.75 Å². The van der Waals surface area contributed by atoms with E-state index in [9.17, 15) is 14.7 Å². The molecule has 0 spiro atoms. The van der Waals surface area contributed by atoms with E-state index < -0.39 is 17.7 Å². The summed E-state index contributed by atoms with van der Waals surface area (Å²) in [6.07, 6.45) is 1.55. The number of carbonyl (C=O) groups excluding carboxylic acids is 2. The minimum Gasteiger partial charge on any atom is -0.507 e. The van der Waals surface area contributed by atoms with Crippen LogP contribution in [0.4, 0.5) is 5.82 Å². The van der Waals surface area contributed by atoms with E-state index in [1.807, 2.05) is 24.3 Å². The largest absolute Gasteiger partial charge is 0.507 e. The molecule has 0 aliphatic carbocycles. The molecule has 3 aromatic rings. The topological polar surface area (TPSA) is 79.7 Å². The number of ether oxygens (including phenoxy) is 1. The Hall–Kier alpha value is -3.64. The molecule has 1 fully saturated rings. The third-order valence-electron chi connectivity index (χ3n) is 5.86. The first-order valence-electron chi connectivity index (χ1n) is 10.8. The van der Waals surface area contributed by atoms with Crippen molar-refractivity contribution in [1.29, 1.82) is 0 Å². The smallest absolute Gasteiger partial charge is 0.301 e. The van der Waals surface area contributed by atoms with Gasteiger partial charge in [-0.25, -0.2) is 4.98 Å². The zero-order chi connectivity index (χ0) is 24.6. The molecule has 0 radical (unpaired) electrons. The highest BCUT2D eigenvalue weighted by atomic mass is 35.5. The summed E-state index contributed by atoms with van der Waals surface area (Å²) in [5.41, 5.74) is 2.00. The van der Waals surface area contributed by atoms with Crippen LogP contribution in [0, 0.1) is 0 Å². The van der Waals surface area contributed by atoms with Gasteiger partial charge >= 0.3 is 5.91 Å². The zero-order valence-electron chi connectivity index (χ0n) is 19.4. The molecule has 34 heavy (non-hydrogen) atoms. The van der Waals surface area contributed by atoms with Gasteiger partial charge in [0.05, 0.1) is 23.7 Å². The van der Waals surface area contributed by atoms with Gasteiger partial charge in [-0.2, -0.15) is 0 Å². The van der Waals surface area contributed by atoms with Crippen molar-refractivity contribution in [2.75, 3.05) is 12.0 Å². The van der Waals surface area contributed by atoms with Crippen LogP contribution in [0.2, 0.25) is 5.02 Å². The van der Waals surface area contributed by atoms with E-state index in [-0.39, 0.29) is 21.8 Å². The predicted molar refractivity (Wildman–Crippen MR) is 132 cm³/mol. The third-order valence-corrected chi connectivity index (χ3v) is 6.15. The number of anilines is 1. The number of ketones is 1. The van der Waals surface area contributed by atoms with Crippen LogP contribution in [0.25, 0.3) is 5.76 Å². The van der Waals surface area contributed by atoms with Crippen LogP contribution in [-0.4, -0.2) is 28.9 Å². The van der Waals surface area contributed by atoms with Crippen LogP contribution in [0.5, 0.6) is 5.75 Å². The molecule has 2 heterocycles. The molecule has 1 N–H and O–H groups in total. The quantitative estimate of drug-likeness (QED) is 0.298. The molecule has 1 atom stereocenters. The van der Waals surface area contributed by atoms with E-state index in [2.05, 4.69) is 25.8 Å². The van der Waals surface area contributed by atoms with E-state index in [1.165, 1.54) is 18.1 Å². The lowest BCUT2D eigenvalue weighted by molar-refractivity contribution is -0.132. The van der Waals surface area contributed by atoms with Gasteiger partial charge in [0.2, 0.25) is 0 Å². The van der Waals surface area contributed by atoms with E-state index in [0.717, 1.165) is 5.56 Å². The number of aromatic nitrogens is 1. The predicted octanol–water partition coefficient (Wildman–Crippen LogP) is 5.67. The van der Waals surface area contributed by atoms with E-state index in [0.29, 0.717) is 22.7 Å². The number of pyridine rings is 1. The molecule has 4 rings (SSSR count). The monoisotopic (exact) mass is 476 g/mol. The number of rotatable bonds is 4. The SMILES string of the molecule is COc1ccc(C(O)=C2C(=O)C(=O)N(c3ccccn3)C2c2ccc(C(C)(C)C)cc2)cc1Cl. The number of halogens is 1. The highest BCUT2D eigenvalue weighted by Gasteiger charge is 2.47. The Labute approximate surface area is 203 Å². The van der Waals surface area contributed by atoms with Crippen molar-refractivity contribution in [2.45, 2.75) is 32.2 Å². The molecule has 6 nitrogen and oxygen atoms in total. The number of aliphatic hydroxyl groups is 1. The fraction of sp³-hybridized carbons (Fsp3) is 0.222. The third kappa shape index (κ3) is 4.17. The van der Waals surface area contributed by atoms with Crippen LogP contribution in [-0.2, 0) is 15.0 Å². The molecule has 1 amide bonds. The summed E-state index contributed by atoms with van der Waals surface area (Å²) >= 11 is 6.25. The Bertz CT molecular complexity index is 1280. The maximum atomic E-state index is 13.2. The zero-order valence-corrected chi connectivity index (χ0v) is 20.1. The van der Waals surface area contributed by atoms with Crippen molar-refractivity contribution in [1.82, 2.24) is 4.98 Å². The van der Waals surface area contributed by atoms with E-state index in [4.69, 9.17) is 16.3 Å². The fourth-order valence-corrected chi connectivity index (χ4v) is 4.27. The van der Waals surface area contributed by atoms with Crippen molar-refractivity contribution in [3.63, 3.8) is 0 Å². The van der Waals surface area contributed by atoms with Gasteiger partial charge in [-0.1, -0.05) is 62.7 Å². The maximum Gasteiger partial charge on any atom is 0.301 e. The molecule has 2 aromatic carbocycles. The molecule has 0 saturated carbocycles. The number of amides is 1. The maximum absolute atomic E-state index is 13.2. The highest BCUT2D eigenvalue weighted by molar-refractivity contribution is 6.51. The van der Waals surface area contributed by atoms with E-state index in [1.54, 1.807) is 36.5 Å². The number of carbonyl (C=O) groups is 2. The van der Waals surface area contributed by atoms with Crippen molar-refractivity contribution >= 4 is 34.9 Å². The van der Waals surface area contributed by atoms with Crippen molar-refractivity contribution < 1.29 is 19.4 Å². The Morgan fingerprint density at radius 3 is 2.32 bits per heavy atom. The highest BCUT2D eigenvalue weighted by Crippen LogP contribution is 2.42. The number of aliphatic hydroxyl groups excluding tert-OH is 1. The first-order chi connectivity index (χ1) is 16.1. The Morgan fingerprint density at radius 2 is 1.76 bits per heavy atom. The van der Waals surface area contributed by atoms with Gasteiger partial charge in [-0.05, 0) is 46.9 Å². The Morgan fingerprint density at radius 1 is 1.06 bits per heavy atom. The summed E-state index contributed by atoms with van der Waals surface area (Å²) < 4.78 is 5.18. The minimum absolute atomic E-state index is 0.0274. The van der Waals surface area contributed by atoms with Gasteiger partial charge in [0.25, 0.3) is 5.78 Å². The number of methoxy groups -OCH3 is 1. The summed E-state index contributed by atoms with van der Waals surface area (Å²) in [5, 5.41) is 11.5. The number of benzene rings is 2. The summed E-state index contributed by atoms with van der Waals surface area (Å²) in [6.45, 7) is 6.32. The molecule has 7 heteroatoms. The number of hydrogen-bond acceptors (Lipinski definition) is 5. The van der Waals surface area contributed by atoms with Gasteiger partial charge in [0.1, 0.15) is 17.3 Å². The Balaban J connectivity index is 1.92. The summed E-state index contributed by atoms with van der Waals surface area (Å²) in [5.74, 6) is -1.11. The summed E-state index contributed by atoms with van der Waals surface area (Å²) in [4.78, 5) is 32.0. The van der Waals surface area contributed by atoms with Gasteiger partial charge < -0.3 is 9.84 Å². The molecule has 1 aliphatic rings. The fourth-order valence-electron chi connectivity index (χ4n) is 4.02. The lowest BCUT2D eigenvalue weighted by atomic mass is 9.85. The van der Waals surface area contributed by atoms with Crippen LogP contribution in [0.3, 0.4) is 0 Å². The molecule has 1 aliphatic heterocycles. The molecule has 1 unspecified atom stereocenters. The van der Waals surface area contributed by atoms with Gasteiger partial charge in [-0.15, -0.1) is 0 Å². The number of hydrogen-bond donors (Lipinski definition) is 1. The average Bonchev–Trinajstić information content (AvgIpc) is 3.09. The van der Waals surface area contributed by atoms with Crippen LogP contribution >= 0.6 is 11.6 Å². The first-order valence-corrected chi connectivity index (χ1v) is 11.2. The normalized spacial score (nSPS) is 17.8. The molecule has 0 bridgehead atoms. The Kier molecular flexibility index (Phi) is 6.19. The van der Waals surface area contributed by atoms with E-state index >= 15 is 0 Å². The standard InChI is InChI=1S/C27H25ClN2O4/c1-27(2,3)18-11-8-16(9-12-18)23-22(24(31)17-10-13-20(34-4)19(28)15-17)25(32)26(33)30(23)21-7-5-6-14-29-21/h5-15,23,31H,1-4H3. The van der Waals surface area contributed by atoms with Crippen LogP contribution in [0.15, 0.2) is 72.4 Å². The molecule has 1 aromatic heterocycles. The van der Waals surface area contributed by atoms with Gasteiger partial charge in [0.15, 0.2) is 0 Å². The second kappa shape index (κ2) is 8.95. The summed E-state index contributed by atoms with van der Waals surface area (Å²) in [7, 11) is 1.49. The summed E-state index contributed by atoms with van der Waals surface area (Å²) in [6, 6.07) is 16.7. The lowest BCUT2D eigenvalue weighted by Gasteiger charge is -2.25. The minimum atomic E-state index is -0.857. The van der Waals surface area contributed by atoms with Crippen molar-refractivity contribution in [3.05, 3.63) is 94.1 Å². The second-order valence-electron chi connectivity index (χ2n) is 9.08. The second-order valence-corrected chi connectivity index (χ2v) is 9.49. The molecule has 1 saturated heterocycles. The first kappa shape index (κ1) is 23.5. The van der Waals surface area contributed by atoms with Crippen molar-refractivity contribution in [2.24, 2.45) is 0 Å². The van der Waals surface area contributed by atoms with Crippen LogP contribution < -0.4 is 9.64 Å².